The van der Waals surface area contributed by atoms with Gasteiger partial charge in [-0.15, -0.1) is 0 Å². The number of ether oxygens (including phenoxy) is 1. The minimum Gasteiger partial charge on any atom is -0.480 e. The Morgan fingerprint density at radius 1 is 0.949 bits per heavy atom. The van der Waals surface area contributed by atoms with E-state index in [1.165, 1.54) is 18.3 Å². The summed E-state index contributed by atoms with van der Waals surface area (Å²) in [6.45, 7) is 0. The summed E-state index contributed by atoms with van der Waals surface area (Å²) >= 11 is 0. The molecule has 8 nitrogen and oxygen atoms in total. The van der Waals surface area contributed by atoms with Gasteiger partial charge in [-0.25, -0.2) is 4.98 Å². The van der Waals surface area contributed by atoms with Gasteiger partial charge in [0.2, 0.25) is 5.88 Å². The molecule has 0 saturated carbocycles. The summed E-state index contributed by atoms with van der Waals surface area (Å²) in [6, 6.07) is 22.1. The first-order valence-corrected chi connectivity index (χ1v) is 13.1. The number of hydrogen-bond donors (Lipinski definition) is 1. The summed E-state index contributed by atoms with van der Waals surface area (Å²) in [6.07, 6.45) is 10.0. The fourth-order valence-electron chi connectivity index (χ4n) is 5.35. The van der Waals surface area contributed by atoms with Crippen molar-refractivity contribution in [1.82, 2.24) is 24.7 Å². The van der Waals surface area contributed by atoms with E-state index in [0.29, 0.717) is 17.5 Å². The number of rotatable bonds is 6. The molecule has 8 heteroatoms. The fraction of sp³-hybridized carbons (Fsp3) is 0.161. The van der Waals surface area contributed by atoms with Gasteiger partial charge < -0.3 is 14.6 Å². The molecule has 0 atom stereocenters. The monoisotopic (exact) mass is 514 g/mol. The van der Waals surface area contributed by atoms with Crippen LogP contribution in [0.1, 0.15) is 31.2 Å². The van der Waals surface area contributed by atoms with Crippen LogP contribution < -0.4 is 10.1 Å². The highest BCUT2D eigenvalue weighted by molar-refractivity contribution is 5.93. The third kappa shape index (κ3) is 4.10. The van der Waals surface area contributed by atoms with Crippen LogP contribution in [-0.4, -0.2) is 31.8 Å². The average Bonchev–Trinajstić information content (AvgIpc) is 3.65. The van der Waals surface area contributed by atoms with E-state index in [1.807, 2.05) is 47.0 Å². The van der Waals surface area contributed by atoms with Crippen molar-refractivity contribution in [2.45, 2.75) is 25.7 Å². The Morgan fingerprint density at radius 3 is 2.67 bits per heavy atom. The van der Waals surface area contributed by atoms with E-state index in [-0.39, 0.29) is 0 Å². The minimum absolute atomic E-state index is 0.554. The third-order valence-corrected chi connectivity index (χ3v) is 7.15. The molecule has 4 aromatic heterocycles. The number of fused-ring (bicyclic) bond motifs is 2. The summed E-state index contributed by atoms with van der Waals surface area (Å²) in [5, 5.41) is 13.6. The Labute approximate surface area is 225 Å². The van der Waals surface area contributed by atoms with Crippen LogP contribution in [0.5, 0.6) is 5.88 Å². The fourth-order valence-corrected chi connectivity index (χ4v) is 5.35. The summed E-state index contributed by atoms with van der Waals surface area (Å²) in [4.78, 5) is 9.69. The van der Waals surface area contributed by atoms with Crippen molar-refractivity contribution in [3.63, 3.8) is 0 Å². The SMILES string of the molecule is COc1c(-c2ccc3ncccc3c2)c(Nc2ccon2)nc2c(C3=CCCCC3)c(-c3ccccc3)nn12. The van der Waals surface area contributed by atoms with E-state index in [0.717, 1.165) is 63.8 Å². The Morgan fingerprint density at radius 2 is 1.87 bits per heavy atom. The molecule has 0 unspecified atom stereocenters. The second-order valence-electron chi connectivity index (χ2n) is 9.57. The van der Waals surface area contributed by atoms with Crippen LogP contribution in [0.4, 0.5) is 11.6 Å². The quantitative estimate of drug-likeness (QED) is 0.249. The first kappa shape index (κ1) is 23.2. The molecule has 2 aromatic carbocycles. The van der Waals surface area contributed by atoms with Crippen molar-refractivity contribution in [3.05, 3.63) is 90.8 Å². The second kappa shape index (κ2) is 9.72. The van der Waals surface area contributed by atoms with E-state index in [4.69, 9.17) is 19.3 Å². The third-order valence-electron chi connectivity index (χ3n) is 7.15. The molecule has 1 N–H and O–H groups in total. The van der Waals surface area contributed by atoms with Crippen LogP contribution in [0.2, 0.25) is 0 Å². The Bertz CT molecular complexity index is 1820. The first-order chi connectivity index (χ1) is 19.3. The zero-order valence-electron chi connectivity index (χ0n) is 21.5. The second-order valence-corrected chi connectivity index (χ2v) is 9.57. The molecule has 7 rings (SSSR count). The van der Waals surface area contributed by atoms with E-state index < -0.39 is 0 Å². The number of allylic oxidation sites excluding steroid dienone is 2. The minimum atomic E-state index is 0.554. The highest BCUT2D eigenvalue weighted by Gasteiger charge is 2.27. The Balaban J connectivity index is 1.55. The largest absolute Gasteiger partial charge is 0.480 e. The van der Waals surface area contributed by atoms with Crippen LogP contribution in [0.3, 0.4) is 0 Å². The molecule has 0 radical (unpaired) electrons. The molecule has 4 heterocycles. The number of nitrogens with zero attached hydrogens (tertiary/aromatic N) is 5. The maximum atomic E-state index is 6.12. The predicted molar refractivity (Wildman–Crippen MR) is 152 cm³/mol. The number of hydrogen-bond acceptors (Lipinski definition) is 7. The number of pyridine rings is 1. The zero-order chi connectivity index (χ0) is 26.2. The summed E-state index contributed by atoms with van der Waals surface area (Å²) in [5.41, 5.74) is 7.57. The zero-order valence-corrected chi connectivity index (χ0v) is 21.5. The molecule has 0 fully saturated rings. The van der Waals surface area contributed by atoms with Gasteiger partial charge in [-0.2, -0.15) is 9.61 Å². The molecular formula is C31H26N6O2. The molecular weight excluding hydrogens is 488 g/mol. The highest BCUT2D eigenvalue weighted by Crippen LogP contribution is 2.43. The number of aromatic nitrogens is 5. The van der Waals surface area contributed by atoms with E-state index in [2.05, 4.69) is 39.7 Å². The van der Waals surface area contributed by atoms with Gasteiger partial charge in [0, 0.05) is 23.2 Å². The van der Waals surface area contributed by atoms with Crippen molar-refractivity contribution >= 4 is 33.8 Å². The highest BCUT2D eigenvalue weighted by atomic mass is 16.5. The van der Waals surface area contributed by atoms with E-state index in [1.54, 1.807) is 19.4 Å². The first-order valence-electron chi connectivity index (χ1n) is 13.1. The van der Waals surface area contributed by atoms with Gasteiger partial charge in [0.25, 0.3) is 0 Å². The van der Waals surface area contributed by atoms with Crippen LogP contribution in [0.15, 0.2) is 89.8 Å². The van der Waals surface area contributed by atoms with Crippen molar-refractivity contribution in [1.29, 1.82) is 0 Å². The van der Waals surface area contributed by atoms with Gasteiger partial charge in [0.15, 0.2) is 11.5 Å². The molecule has 0 aliphatic heterocycles. The molecule has 39 heavy (non-hydrogen) atoms. The van der Waals surface area contributed by atoms with Crippen LogP contribution in [-0.2, 0) is 0 Å². The normalized spacial score (nSPS) is 13.5. The number of benzene rings is 2. The molecule has 6 aromatic rings. The molecule has 0 bridgehead atoms. The Kier molecular flexibility index (Phi) is 5.77. The van der Waals surface area contributed by atoms with Crippen LogP contribution >= 0.6 is 0 Å². The molecule has 1 aliphatic carbocycles. The van der Waals surface area contributed by atoms with Gasteiger partial charge in [-0.05, 0) is 55.0 Å². The summed E-state index contributed by atoms with van der Waals surface area (Å²) < 4.78 is 13.1. The van der Waals surface area contributed by atoms with Crippen molar-refractivity contribution in [2.24, 2.45) is 0 Å². The molecule has 1 aliphatic rings. The number of nitrogens with one attached hydrogen (secondary N) is 1. The van der Waals surface area contributed by atoms with Gasteiger partial charge in [-0.3, -0.25) is 4.98 Å². The lowest BCUT2D eigenvalue weighted by Gasteiger charge is -2.17. The van der Waals surface area contributed by atoms with Gasteiger partial charge in [0.1, 0.15) is 17.8 Å². The predicted octanol–water partition coefficient (Wildman–Crippen LogP) is 7.31. The standard InChI is InChI=1S/C31H26N6O2/c1-38-31-27(23-14-15-24-22(19-23)13-8-17-32-24)29(33-25-16-18-39-36-25)34-30-26(20-9-4-2-5-10-20)28(35-37(30)31)21-11-6-3-7-12-21/h3,6-9,11-19H,2,4-5,10H2,1H3,(H,33,34,36). The van der Waals surface area contributed by atoms with E-state index in [9.17, 15) is 0 Å². The topological polar surface area (TPSA) is 90.4 Å². The summed E-state index contributed by atoms with van der Waals surface area (Å²) in [7, 11) is 1.67. The Hall–Kier alpha value is -4.98. The van der Waals surface area contributed by atoms with Gasteiger partial charge in [-0.1, -0.05) is 53.7 Å². The number of anilines is 2. The molecule has 0 saturated heterocycles. The molecule has 0 spiro atoms. The summed E-state index contributed by atoms with van der Waals surface area (Å²) in [5.74, 6) is 1.74. The van der Waals surface area contributed by atoms with Crippen LogP contribution in [0.25, 0.3) is 44.5 Å². The lowest BCUT2D eigenvalue weighted by molar-refractivity contribution is 0.387. The lowest BCUT2D eigenvalue weighted by atomic mass is 9.92. The van der Waals surface area contributed by atoms with E-state index >= 15 is 0 Å². The van der Waals surface area contributed by atoms with Gasteiger partial charge >= 0.3 is 0 Å². The van der Waals surface area contributed by atoms with Crippen LogP contribution in [0, 0.1) is 0 Å². The number of methoxy groups -OCH3 is 1. The van der Waals surface area contributed by atoms with Crippen molar-refractivity contribution < 1.29 is 9.26 Å². The lowest BCUT2D eigenvalue weighted by Crippen LogP contribution is -2.06. The van der Waals surface area contributed by atoms with Crippen molar-refractivity contribution in [2.75, 3.05) is 12.4 Å². The van der Waals surface area contributed by atoms with Crippen molar-refractivity contribution in [3.8, 4) is 28.3 Å². The van der Waals surface area contributed by atoms with Gasteiger partial charge in [0.05, 0.1) is 23.8 Å². The molecule has 0 amide bonds. The average molecular weight is 515 g/mol. The molecule has 192 valence electrons. The maximum Gasteiger partial charge on any atom is 0.228 e. The maximum absolute atomic E-state index is 6.12. The smallest absolute Gasteiger partial charge is 0.228 e.